The molecule has 0 aromatic carbocycles. The standard InChI is InChI=1S/C12H9IN2O2S/c1-2-17-12(16)10-7-14-15-8-9(5-6-18-13)3-4-11(10)15/h3-4,7-8H,2H2,1H3. The van der Waals surface area contributed by atoms with E-state index in [1.54, 1.807) is 17.6 Å². The number of hydrogen-bond donors (Lipinski definition) is 0. The number of carbonyl (C=O) groups excluding carboxylic acids is 1. The number of carbonyl (C=O) groups is 1. The highest BCUT2D eigenvalue weighted by molar-refractivity contribution is 14.2. The third kappa shape index (κ3) is 2.79. The van der Waals surface area contributed by atoms with E-state index in [0.29, 0.717) is 12.2 Å². The van der Waals surface area contributed by atoms with Gasteiger partial charge in [-0.25, -0.2) is 9.31 Å². The molecular weight excluding hydrogens is 363 g/mol. The van der Waals surface area contributed by atoms with Crippen molar-refractivity contribution in [3.8, 4) is 11.2 Å². The van der Waals surface area contributed by atoms with Gasteiger partial charge in [-0.3, -0.25) is 0 Å². The van der Waals surface area contributed by atoms with Crippen LogP contribution in [0.4, 0.5) is 0 Å². The van der Waals surface area contributed by atoms with Crippen LogP contribution in [0.2, 0.25) is 0 Å². The van der Waals surface area contributed by atoms with Crippen molar-refractivity contribution in [1.82, 2.24) is 9.61 Å². The van der Waals surface area contributed by atoms with Gasteiger partial charge < -0.3 is 4.74 Å². The lowest BCUT2D eigenvalue weighted by Gasteiger charge is -1.99. The fraction of sp³-hybridized carbons (Fsp3) is 0.167. The van der Waals surface area contributed by atoms with Crippen LogP contribution in [0, 0.1) is 11.2 Å². The van der Waals surface area contributed by atoms with Crippen molar-refractivity contribution < 1.29 is 9.53 Å². The molecule has 92 valence electrons. The largest absolute Gasteiger partial charge is 0.462 e. The molecule has 0 N–H and O–H groups in total. The normalized spacial score (nSPS) is 9.89. The lowest BCUT2D eigenvalue weighted by atomic mass is 10.2. The summed E-state index contributed by atoms with van der Waals surface area (Å²) >= 11 is 2.11. The van der Waals surface area contributed by atoms with Crippen LogP contribution in [0.15, 0.2) is 24.5 Å². The van der Waals surface area contributed by atoms with Crippen LogP contribution in [-0.4, -0.2) is 22.2 Å². The molecule has 0 saturated heterocycles. The summed E-state index contributed by atoms with van der Waals surface area (Å²) in [5, 5.41) is 7.03. The van der Waals surface area contributed by atoms with E-state index in [4.69, 9.17) is 4.74 Å². The Hall–Kier alpha value is -1.20. The minimum atomic E-state index is -0.353. The predicted molar refractivity (Wildman–Crippen MR) is 79.6 cm³/mol. The van der Waals surface area contributed by atoms with Crippen LogP contribution in [0.5, 0.6) is 0 Å². The predicted octanol–water partition coefficient (Wildman–Crippen LogP) is 2.90. The molecule has 0 radical (unpaired) electrons. The Morgan fingerprint density at radius 1 is 1.61 bits per heavy atom. The molecule has 0 unspecified atom stereocenters. The van der Waals surface area contributed by atoms with Crippen LogP contribution >= 0.6 is 30.1 Å². The number of esters is 1. The van der Waals surface area contributed by atoms with E-state index in [1.807, 2.05) is 12.1 Å². The number of halogens is 1. The molecule has 0 bridgehead atoms. The summed E-state index contributed by atoms with van der Waals surface area (Å²) in [4.78, 5) is 11.7. The molecule has 0 saturated carbocycles. The summed E-state index contributed by atoms with van der Waals surface area (Å²) in [5.41, 5.74) is 2.05. The third-order valence-corrected chi connectivity index (χ3v) is 3.09. The molecule has 4 nitrogen and oxygen atoms in total. The number of aromatic nitrogens is 2. The summed E-state index contributed by atoms with van der Waals surface area (Å²) in [7, 11) is 1.42. The maximum absolute atomic E-state index is 11.7. The molecule has 2 rings (SSSR count). The van der Waals surface area contributed by atoms with E-state index in [9.17, 15) is 4.79 Å². The summed E-state index contributed by atoms with van der Waals surface area (Å²) in [5.74, 6) is 2.63. The van der Waals surface area contributed by atoms with Gasteiger partial charge in [0.15, 0.2) is 0 Å². The minimum Gasteiger partial charge on any atom is -0.462 e. The number of hydrogen-bond acceptors (Lipinski definition) is 4. The summed E-state index contributed by atoms with van der Waals surface area (Å²) < 4.78 is 6.60. The van der Waals surface area contributed by atoms with E-state index < -0.39 is 0 Å². The smallest absolute Gasteiger partial charge is 0.341 e. The van der Waals surface area contributed by atoms with Crippen LogP contribution in [0.1, 0.15) is 22.8 Å². The van der Waals surface area contributed by atoms with Crippen LogP contribution < -0.4 is 0 Å². The van der Waals surface area contributed by atoms with Gasteiger partial charge in [-0.1, -0.05) is 5.92 Å². The highest BCUT2D eigenvalue weighted by Crippen LogP contribution is 2.13. The first kappa shape index (κ1) is 13.2. The van der Waals surface area contributed by atoms with Crippen molar-refractivity contribution in [1.29, 1.82) is 0 Å². The Balaban J connectivity index is 2.40. The zero-order chi connectivity index (χ0) is 13.0. The molecule has 2 heterocycles. The molecule has 2 aromatic rings. The van der Waals surface area contributed by atoms with Crippen molar-refractivity contribution in [3.05, 3.63) is 35.7 Å². The summed E-state index contributed by atoms with van der Waals surface area (Å²) in [6.07, 6.45) is 3.30. The average molecular weight is 372 g/mol. The molecule has 2 aromatic heterocycles. The van der Waals surface area contributed by atoms with Gasteiger partial charge in [0.1, 0.15) is 5.56 Å². The van der Waals surface area contributed by atoms with E-state index in [-0.39, 0.29) is 5.97 Å². The monoisotopic (exact) mass is 372 g/mol. The SMILES string of the molecule is CCOC(=O)c1cnn2cc(C#CSI)ccc12. The van der Waals surface area contributed by atoms with Crippen molar-refractivity contribution in [3.63, 3.8) is 0 Å². The van der Waals surface area contributed by atoms with Crippen LogP contribution in [0.25, 0.3) is 5.52 Å². The number of nitrogens with zero attached hydrogens (tertiary/aromatic N) is 2. The number of rotatable bonds is 2. The molecule has 0 aliphatic carbocycles. The first-order valence-corrected chi connectivity index (χ1v) is 8.55. The topological polar surface area (TPSA) is 43.6 Å². The lowest BCUT2D eigenvalue weighted by Crippen LogP contribution is -2.03. The second-order valence-corrected chi connectivity index (χ2v) is 5.01. The van der Waals surface area contributed by atoms with E-state index in [1.165, 1.54) is 15.1 Å². The van der Waals surface area contributed by atoms with Crippen molar-refractivity contribution in [2.24, 2.45) is 0 Å². The zero-order valence-corrected chi connectivity index (χ0v) is 12.5. The van der Waals surface area contributed by atoms with Gasteiger partial charge in [-0.15, -0.1) is 0 Å². The van der Waals surface area contributed by atoms with Gasteiger partial charge in [0.25, 0.3) is 0 Å². The van der Waals surface area contributed by atoms with Crippen molar-refractivity contribution >= 4 is 41.6 Å². The first-order valence-electron chi connectivity index (χ1n) is 5.19. The summed E-state index contributed by atoms with van der Waals surface area (Å²) in [6, 6.07) is 3.68. The van der Waals surface area contributed by atoms with Crippen LogP contribution in [-0.2, 0) is 4.74 Å². The molecule has 0 aliphatic heterocycles. The Kier molecular flexibility index (Phi) is 4.49. The lowest BCUT2D eigenvalue weighted by molar-refractivity contribution is 0.0528. The zero-order valence-electron chi connectivity index (χ0n) is 9.51. The Bertz CT molecular complexity index is 642. The number of fused-ring (bicyclic) bond motifs is 1. The Morgan fingerprint density at radius 3 is 3.17 bits per heavy atom. The van der Waals surface area contributed by atoms with Crippen LogP contribution in [0.3, 0.4) is 0 Å². The third-order valence-electron chi connectivity index (χ3n) is 2.25. The maximum Gasteiger partial charge on any atom is 0.341 e. The fourth-order valence-electron chi connectivity index (χ4n) is 1.50. The summed E-state index contributed by atoms with van der Waals surface area (Å²) in [6.45, 7) is 2.13. The quantitative estimate of drug-likeness (QED) is 0.462. The van der Waals surface area contributed by atoms with E-state index >= 15 is 0 Å². The first-order chi connectivity index (χ1) is 8.76. The van der Waals surface area contributed by atoms with Gasteiger partial charge in [0.05, 0.1) is 18.3 Å². The van der Waals surface area contributed by atoms with Gasteiger partial charge in [0, 0.05) is 33.0 Å². The van der Waals surface area contributed by atoms with E-state index in [2.05, 4.69) is 37.5 Å². The molecule has 0 spiro atoms. The fourth-order valence-corrected chi connectivity index (χ4v) is 1.99. The van der Waals surface area contributed by atoms with Gasteiger partial charge in [-0.2, -0.15) is 5.10 Å². The molecule has 0 atom stereocenters. The number of pyridine rings is 1. The van der Waals surface area contributed by atoms with Crippen molar-refractivity contribution in [2.45, 2.75) is 6.92 Å². The van der Waals surface area contributed by atoms with Gasteiger partial charge in [-0.05, 0) is 33.2 Å². The molecule has 6 heteroatoms. The number of ether oxygens (including phenoxy) is 1. The Morgan fingerprint density at radius 2 is 2.44 bits per heavy atom. The second-order valence-electron chi connectivity index (χ2n) is 3.33. The second kappa shape index (κ2) is 6.11. The highest BCUT2D eigenvalue weighted by atomic mass is 127. The highest BCUT2D eigenvalue weighted by Gasteiger charge is 2.13. The van der Waals surface area contributed by atoms with E-state index in [0.717, 1.165) is 11.1 Å². The van der Waals surface area contributed by atoms with Gasteiger partial charge >= 0.3 is 5.97 Å². The molecule has 0 aliphatic rings. The van der Waals surface area contributed by atoms with Crippen molar-refractivity contribution in [2.75, 3.05) is 6.61 Å². The molecular formula is C12H9IN2O2S. The van der Waals surface area contributed by atoms with Gasteiger partial charge in [0.2, 0.25) is 0 Å². The maximum atomic E-state index is 11.7. The Labute approximate surface area is 121 Å². The molecule has 18 heavy (non-hydrogen) atoms. The average Bonchev–Trinajstić information content (AvgIpc) is 2.79. The molecule has 0 fully saturated rings. The molecule has 0 amide bonds. The minimum absolute atomic E-state index is 0.353.